The van der Waals surface area contributed by atoms with Gasteiger partial charge < -0.3 is 4.90 Å². The summed E-state index contributed by atoms with van der Waals surface area (Å²) >= 11 is 0. The first-order valence-corrected chi connectivity index (χ1v) is 9.28. The Morgan fingerprint density at radius 3 is 2.47 bits per heavy atom. The maximum absolute atomic E-state index is 13.8. The Bertz CT molecular complexity index is 1110. The number of rotatable bonds is 4. The maximum atomic E-state index is 13.8. The summed E-state index contributed by atoms with van der Waals surface area (Å²) in [7, 11) is 0. The number of fused-ring (bicyclic) bond motifs is 1. The van der Waals surface area contributed by atoms with E-state index < -0.39 is 30.1 Å². The molecule has 0 amide bonds. The Hall–Kier alpha value is -3.49. The lowest BCUT2D eigenvalue weighted by Gasteiger charge is -2.38. The van der Waals surface area contributed by atoms with Crippen molar-refractivity contribution in [2.75, 3.05) is 11.4 Å². The van der Waals surface area contributed by atoms with Gasteiger partial charge in [-0.15, -0.1) is 0 Å². The molecular weight excluding hydrogens is 397 g/mol. The average Bonchev–Trinajstić information content (AvgIpc) is 2.74. The molecule has 0 bridgehead atoms. The van der Waals surface area contributed by atoms with Crippen molar-refractivity contribution in [3.05, 3.63) is 76.8 Å². The molecule has 154 valence electrons. The number of ketones is 1. The van der Waals surface area contributed by atoms with Gasteiger partial charge in [0.25, 0.3) is 5.56 Å². The van der Waals surface area contributed by atoms with Crippen molar-refractivity contribution >= 4 is 11.7 Å². The van der Waals surface area contributed by atoms with E-state index in [1.807, 2.05) is 0 Å². The van der Waals surface area contributed by atoms with Gasteiger partial charge in [0.05, 0.1) is 12.2 Å². The molecule has 6 nitrogen and oxygen atoms in total. The second-order valence-corrected chi connectivity index (χ2v) is 6.93. The standard InChI is InChI=1S/C21H17F3N4O2/c22-21(23,24)18-8-11-27-19(30)12-16(14-6-9-25-10-7-14)26-20(27)28(18)13-17(29)15-4-2-1-3-5-15/h1-7,9-10,12,18H,8,11,13H2. The highest BCUT2D eigenvalue weighted by molar-refractivity contribution is 5.99. The zero-order valence-electron chi connectivity index (χ0n) is 15.7. The third-order valence-corrected chi connectivity index (χ3v) is 5.01. The highest BCUT2D eigenvalue weighted by atomic mass is 19.4. The SMILES string of the molecule is O=C(CN1c2nc(-c3ccncc3)cc(=O)n2CCC1C(F)(F)F)c1ccccc1. The smallest absolute Gasteiger partial charge is 0.322 e. The van der Waals surface area contributed by atoms with Crippen LogP contribution in [0.5, 0.6) is 0 Å². The molecule has 2 aromatic heterocycles. The molecule has 0 fully saturated rings. The Balaban J connectivity index is 1.80. The largest absolute Gasteiger partial charge is 0.408 e. The second-order valence-electron chi connectivity index (χ2n) is 6.93. The number of anilines is 1. The highest BCUT2D eigenvalue weighted by Crippen LogP contribution is 2.34. The van der Waals surface area contributed by atoms with Gasteiger partial charge in [-0.05, 0) is 18.6 Å². The topological polar surface area (TPSA) is 68.1 Å². The zero-order valence-corrected chi connectivity index (χ0v) is 15.7. The van der Waals surface area contributed by atoms with Crippen LogP contribution in [0.25, 0.3) is 11.3 Å². The van der Waals surface area contributed by atoms with Crippen molar-refractivity contribution in [1.82, 2.24) is 14.5 Å². The molecule has 1 aliphatic heterocycles. The van der Waals surface area contributed by atoms with E-state index in [1.54, 1.807) is 42.5 Å². The predicted octanol–water partition coefficient (Wildman–Crippen LogP) is 3.33. The van der Waals surface area contributed by atoms with Crippen LogP contribution in [0.4, 0.5) is 19.1 Å². The minimum Gasteiger partial charge on any atom is -0.322 e. The van der Waals surface area contributed by atoms with Gasteiger partial charge in [-0.2, -0.15) is 13.2 Å². The summed E-state index contributed by atoms with van der Waals surface area (Å²) in [5, 5.41) is 0. The number of alkyl halides is 3. The minimum atomic E-state index is -4.58. The number of carbonyl (C=O) groups excluding carboxylic acids is 1. The lowest BCUT2D eigenvalue weighted by Crippen LogP contribution is -2.54. The fourth-order valence-electron chi connectivity index (χ4n) is 3.53. The lowest BCUT2D eigenvalue weighted by atomic mass is 10.1. The van der Waals surface area contributed by atoms with Crippen LogP contribution in [0.1, 0.15) is 16.8 Å². The number of carbonyl (C=O) groups is 1. The van der Waals surface area contributed by atoms with Gasteiger partial charge in [-0.1, -0.05) is 30.3 Å². The van der Waals surface area contributed by atoms with Crippen LogP contribution in [0.15, 0.2) is 65.7 Å². The van der Waals surface area contributed by atoms with Gasteiger partial charge in [0.2, 0.25) is 5.95 Å². The maximum Gasteiger partial charge on any atom is 0.408 e. The van der Waals surface area contributed by atoms with Crippen LogP contribution in [0.2, 0.25) is 0 Å². The summed E-state index contributed by atoms with van der Waals surface area (Å²) in [5.41, 5.74) is 0.607. The molecule has 1 unspecified atom stereocenters. The predicted molar refractivity (Wildman–Crippen MR) is 104 cm³/mol. The Morgan fingerprint density at radius 2 is 1.80 bits per heavy atom. The first-order valence-electron chi connectivity index (χ1n) is 9.28. The van der Waals surface area contributed by atoms with Crippen molar-refractivity contribution in [3.63, 3.8) is 0 Å². The number of pyridine rings is 1. The van der Waals surface area contributed by atoms with E-state index in [2.05, 4.69) is 9.97 Å². The third kappa shape index (κ3) is 3.83. The van der Waals surface area contributed by atoms with E-state index in [0.29, 0.717) is 11.1 Å². The molecule has 0 N–H and O–H groups in total. The molecular formula is C21H17F3N4O2. The summed E-state index contributed by atoms with van der Waals surface area (Å²) in [4.78, 5) is 34.5. The number of halogens is 3. The van der Waals surface area contributed by atoms with Gasteiger partial charge >= 0.3 is 6.18 Å². The fourth-order valence-corrected chi connectivity index (χ4v) is 3.53. The number of aromatic nitrogens is 3. The van der Waals surface area contributed by atoms with E-state index in [0.717, 1.165) is 4.90 Å². The molecule has 0 saturated heterocycles. The quantitative estimate of drug-likeness (QED) is 0.613. The number of nitrogens with zero attached hydrogens (tertiary/aromatic N) is 4. The zero-order chi connectivity index (χ0) is 21.3. The van der Waals surface area contributed by atoms with E-state index in [4.69, 9.17) is 0 Å². The summed E-state index contributed by atoms with van der Waals surface area (Å²) < 4.78 is 42.5. The van der Waals surface area contributed by atoms with Gasteiger partial charge in [0, 0.05) is 36.1 Å². The normalized spacial score (nSPS) is 16.2. The number of benzene rings is 1. The molecule has 4 rings (SSSR count). The fraction of sp³-hybridized carbons (Fsp3) is 0.238. The lowest BCUT2D eigenvalue weighted by molar-refractivity contribution is -0.152. The van der Waals surface area contributed by atoms with Gasteiger partial charge in [-0.3, -0.25) is 19.1 Å². The van der Waals surface area contributed by atoms with E-state index >= 15 is 0 Å². The number of hydrogen-bond acceptors (Lipinski definition) is 5. The molecule has 0 aliphatic carbocycles. The van der Waals surface area contributed by atoms with Crippen molar-refractivity contribution in [2.24, 2.45) is 0 Å². The average molecular weight is 414 g/mol. The monoisotopic (exact) mass is 414 g/mol. The first kappa shape index (κ1) is 19.8. The van der Waals surface area contributed by atoms with Gasteiger partial charge in [0.1, 0.15) is 6.04 Å². The van der Waals surface area contributed by atoms with Crippen LogP contribution >= 0.6 is 0 Å². The second kappa shape index (κ2) is 7.74. The van der Waals surface area contributed by atoms with E-state index in [1.165, 1.54) is 23.0 Å². The van der Waals surface area contributed by atoms with Crippen molar-refractivity contribution in [2.45, 2.75) is 25.2 Å². The molecule has 1 aromatic carbocycles. The Labute approximate surface area is 169 Å². The van der Waals surface area contributed by atoms with E-state index in [9.17, 15) is 22.8 Å². The minimum absolute atomic E-state index is 0.127. The molecule has 3 heterocycles. The number of hydrogen-bond donors (Lipinski definition) is 0. The van der Waals surface area contributed by atoms with Gasteiger partial charge in [-0.25, -0.2) is 4.98 Å². The molecule has 1 atom stereocenters. The van der Waals surface area contributed by atoms with Crippen molar-refractivity contribution in [3.8, 4) is 11.3 Å². The van der Waals surface area contributed by atoms with Crippen molar-refractivity contribution < 1.29 is 18.0 Å². The Kier molecular flexibility index (Phi) is 5.11. The van der Waals surface area contributed by atoms with Crippen LogP contribution in [-0.4, -0.2) is 39.1 Å². The summed E-state index contributed by atoms with van der Waals surface area (Å²) in [6, 6.07) is 10.7. The number of Topliss-reactive ketones (excluding diaryl/α,β-unsaturated/α-hetero) is 1. The van der Waals surface area contributed by atoms with Crippen LogP contribution in [0, 0.1) is 0 Å². The van der Waals surface area contributed by atoms with Crippen LogP contribution < -0.4 is 10.5 Å². The summed E-state index contributed by atoms with van der Waals surface area (Å²) in [5.74, 6) is -0.644. The van der Waals surface area contributed by atoms with E-state index in [-0.39, 0.29) is 24.6 Å². The molecule has 1 aliphatic rings. The summed E-state index contributed by atoms with van der Waals surface area (Å²) in [6.07, 6.45) is -1.91. The third-order valence-electron chi connectivity index (χ3n) is 5.01. The molecule has 0 spiro atoms. The van der Waals surface area contributed by atoms with Gasteiger partial charge in [0.15, 0.2) is 5.78 Å². The molecule has 3 aromatic rings. The molecule has 0 radical (unpaired) electrons. The van der Waals surface area contributed by atoms with Crippen molar-refractivity contribution in [1.29, 1.82) is 0 Å². The highest BCUT2D eigenvalue weighted by Gasteiger charge is 2.47. The Morgan fingerprint density at radius 1 is 1.10 bits per heavy atom. The molecule has 0 saturated carbocycles. The molecule has 30 heavy (non-hydrogen) atoms. The first-order chi connectivity index (χ1) is 14.3. The summed E-state index contributed by atoms with van der Waals surface area (Å²) in [6.45, 7) is -0.668. The molecule has 9 heteroatoms. The van der Waals surface area contributed by atoms with Crippen LogP contribution in [0.3, 0.4) is 0 Å². The van der Waals surface area contributed by atoms with Crippen LogP contribution in [-0.2, 0) is 6.54 Å².